The van der Waals surface area contributed by atoms with Gasteiger partial charge in [0.1, 0.15) is 6.61 Å². The molecular weight excluding hydrogens is 548 g/mol. The molecule has 0 saturated carbocycles. The van der Waals surface area contributed by atoms with Crippen molar-refractivity contribution in [1.29, 1.82) is 0 Å². The van der Waals surface area contributed by atoms with Crippen LogP contribution in [0.15, 0.2) is 36.5 Å². The molecule has 5 nitrogen and oxygen atoms in total. The van der Waals surface area contributed by atoms with Crippen LogP contribution in [0.1, 0.15) is 181 Å². The second-order valence-corrected chi connectivity index (χ2v) is 12.3. The number of ether oxygens (including phenoxy) is 2. The molecule has 0 unspecified atom stereocenters. The molecule has 0 aliphatic rings. The van der Waals surface area contributed by atoms with Crippen molar-refractivity contribution in [3.8, 4) is 0 Å². The maximum Gasteiger partial charge on any atom is 0.306 e. The molecule has 0 fully saturated rings. The van der Waals surface area contributed by atoms with Crippen LogP contribution in [0.5, 0.6) is 0 Å². The van der Waals surface area contributed by atoms with Gasteiger partial charge in [-0.15, -0.1) is 0 Å². The number of rotatable bonds is 33. The first-order valence-corrected chi connectivity index (χ1v) is 18.5. The Morgan fingerprint density at radius 3 is 1.41 bits per heavy atom. The largest absolute Gasteiger partial charge is 0.462 e. The highest BCUT2D eigenvalue weighted by atomic mass is 16.6. The molecule has 44 heavy (non-hydrogen) atoms. The SMILES string of the molecule is CCCCCC=CCC=CCCCCCCCC(=O)OC[C@H](CO)OC(=O)CCCCCCCC=CCCCCCCCC. The molecule has 1 N–H and O–H groups in total. The van der Waals surface area contributed by atoms with Gasteiger partial charge in [-0.3, -0.25) is 9.59 Å². The van der Waals surface area contributed by atoms with Crippen molar-refractivity contribution in [3.63, 3.8) is 0 Å². The van der Waals surface area contributed by atoms with E-state index in [9.17, 15) is 14.7 Å². The Morgan fingerprint density at radius 1 is 0.523 bits per heavy atom. The average Bonchev–Trinajstić information content (AvgIpc) is 3.02. The lowest BCUT2D eigenvalue weighted by Gasteiger charge is -2.15. The predicted octanol–water partition coefficient (Wildman–Crippen LogP) is 11.3. The first-order valence-electron chi connectivity index (χ1n) is 18.5. The molecular formula is C39H70O5. The third-order valence-electron chi connectivity index (χ3n) is 7.91. The van der Waals surface area contributed by atoms with Crippen LogP contribution in [0.25, 0.3) is 0 Å². The Hall–Kier alpha value is -1.88. The number of carbonyl (C=O) groups excluding carboxylic acids is 2. The third kappa shape index (κ3) is 33.0. The highest BCUT2D eigenvalue weighted by Crippen LogP contribution is 2.12. The summed E-state index contributed by atoms with van der Waals surface area (Å²) in [4.78, 5) is 24.2. The molecule has 0 saturated heterocycles. The molecule has 0 aliphatic carbocycles. The molecule has 1 atom stereocenters. The Balaban J connectivity index is 3.61. The van der Waals surface area contributed by atoms with E-state index in [1.807, 2.05) is 0 Å². The minimum Gasteiger partial charge on any atom is -0.462 e. The van der Waals surface area contributed by atoms with Crippen molar-refractivity contribution in [1.82, 2.24) is 0 Å². The Labute approximate surface area is 272 Å². The van der Waals surface area contributed by atoms with Gasteiger partial charge in [0.15, 0.2) is 6.10 Å². The quantitative estimate of drug-likeness (QED) is 0.0450. The zero-order valence-corrected chi connectivity index (χ0v) is 28.9. The number of esters is 2. The molecule has 0 spiro atoms. The molecule has 0 aromatic carbocycles. The molecule has 0 radical (unpaired) electrons. The van der Waals surface area contributed by atoms with Crippen LogP contribution in [0.3, 0.4) is 0 Å². The minimum absolute atomic E-state index is 0.0757. The van der Waals surface area contributed by atoms with Gasteiger partial charge in [-0.25, -0.2) is 0 Å². The molecule has 0 aliphatic heterocycles. The number of hydrogen-bond acceptors (Lipinski definition) is 5. The normalized spacial score (nSPS) is 12.5. The highest BCUT2D eigenvalue weighted by molar-refractivity contribution is 5.70. The standard InChI is InChI=1S/C39H70O5/c1-3-5-7-9-11-13-15-17-19-21-23-25-27-29-31-33-38(41)43-36-37(35-40)44-39(42)34-32-30-28-26-24-22-20-18-16-14-12-10-8-6-4-2/h11,13,17-20,37,40H,3-10,12,14-16,21-36H2,1-2H3/t37-/m0/s1. The Bertz CT molecular complexity index is 711. The molecule has 0 bridgehead atoms. The second kappa shape index (κ2) is 35.6. The molecule has 0 heterocycles. The van der Waals surface area contributed by atoms with Crippen LogP contribution < -0.4 is 0 Å². The van der Waals surface area contributed by atoms with E-state index in [0.29, 0.717) is 12.8 Å². The number of carbonyl (C=O) groups is 2. The van der Waals surface area contributed by atoms with Crippen molar-refractivity contribution >= 4 is 11.9 Å². The first-order chi connectivity index (χ1) is 21.6. The van der Waals surface area contributed by atoms with Crippen LogP contribution in [0, 0.1) is 0 Å². The van der Waals surface area contributed by atoms with Crippen LogP contribution in [-0.4, -0.2) is 36.4 Å². The van der Waals surface area contributed by atoms with E-state index >= 15 is 0 Å². The summed E-state index contributed by atoms with van der Waals surface area (Å²) < 4.78 is 10.6. The fourth-order valence-electron chi connectivity index (χ4n) is 5.05. The second-order valence-electron chi connectivity index (χ2n) is 12.3. The van der Waals surface area contributed by atoms with Crippen LogP contribution in [0.4, 0.5) is 0 Å². The van der Waals surface area contributed by atoms with E-state index in [2.05, 4.69) is 50.3 Å². The number of aliphatic hydroxyl groups is 1. The fraction of sp³-hybridized carbons (Fsp3) is 0.795. The zero-order chi connectivity index (χ0) is 32.2. The van der Waals surface area contributed by atoms with E-state index in [1.165, 1.54) is 96.3 Å². The number of aliphatic hydroxyl groups excluding tert-OH is 1. The lowest BCUT2D eigenvalue weighted by atomic mass is 10.1. The summed E-state index contributed by atoms with van der Waals surface area (Å²) in [5.41, 5.74) is 0. The molecule has 0 amide bonds. The number of unbranched alkanes of at least 4 members (excludes halogenated alkanes) is 19. The summed E-state index contributed by atoms with van der Waals surface area (Å²) >= 11 is 0. The third-order valence-corrected chi connectivity index (χ3v) is 7.91. The Kier molecular flexibility index (Phi) is 34.1. The molecule has 0 rings (SSSR count). The topological polar surface area (TPSA) is 72.8 Å². The maximum atomic E-state index is 12.1. The maximum absolute atomic E-state index is 12.1. The van der Waals surface area contributed by atoms with Gasteiger partial charge >= 0.3 is 11.9 Å². The summed E-state index contributed by atoms with van der Waals surface area (Å²) in [7, 11) is 0. The van der Waals surface area contributed by atoms with E-state index in [1.54, 1.807) is 0 Å². The van der Waals surface area contributed by atoms with Crippen LogP contribution >= 0.6 is 0 Å². The Morgan fingerprint density at radius 2 is 0.909 bits per heavy atom. The van der Waals surface area contributed by atoms with Crippen molar-refractivity contribution in [2.75, 3.05) is 13.2 Å². The zero-order valence-electron chi connectivity index (χ0n) is 28.9. The minimum atomic E-state index is -0.779. The van der Waals surface area contributed by atoms with E-state index in [0.717, 1.165) is 57.8 Å². The molecule has 0 aromatic heterocycles. The predicted molar refractivity (Wildman–Crippen MR) is 187 cm³/mol. The highest BCUT2D eigenvalue weighted by Gasteiger charge is 2.16. The van der Waals surface area contributed by atoms with Gasteiger partial charge in [0.2, 0.25) is 0 Å². The van der Waals surface area contributed by atoms with E-state index < -0.39 is 6.10 Å². The lowest BCUT2D eigenvalue weighted by molar-refractivity contribution is -0.161. The van der Waals surface area contributed by atoms with Gasteiger partial charge in [0.05, 0.1) is 6.61 Å². The summed E-state index contributed by atoms with van der Waals surface area (Å²) in [6.07, 6.45) is 41.9. The van der Waals surface area contributed by atoms with Gasteiger partial charge in [0.25, 0.3) is 0 Å². The van der Waals surface area contributed by atoms with Gasteiger partial charge in [0, 0.05) is 12.8 Å². The van der Waals surface area contributed by atoms with Gasteiger partial charge < -0.3 is 14.6 Å². The summed E-state index contributed by atoms with van der Waals surface area (Å²) in [5, 5.41) is 9.53. The van der Waals surface area contributed by atoms with Crippen molar-refractivity contribution in [3.05, 3.63) is 36.5 Å². The van der Waals surface area contributed by atoms with E-state index in [4.69, 9.17) is 9.47 Å². The molecule has 0 aromatic rings. The van der Waals surface area contributed by atoms with Crippen molar-refractivity contribution in [2.24, 2.45) is 0 Å². The van der Waals surface area contributed by atoms with Crippen molar-refractivity contribution in [2.45, 2.75) is 187 Å². The molecule has 5 heteroatoms. The van der Waals surface area contributed by atoms with Crippen LogP contribution in [0.2, 0.25) is 0 Å². The number of allylic oxidation sites excluding steroid dienone is 6. The van der Waals surface area contributed by atoms with Gasteiger partial charge in [-0.2, -0.15) is 0 Å². The average molecular weight is 619 g/mol. The smallest absolute Gasteiger partial charge is 0.306 e. The molecule has 256 valence electrons. The van der Waals surface area contributed by atoms with Gasteiger partial charge in [-0.1, -0.05) is 134 Å². The monoisotopic (exact) mass is 619 g/mol. The van der Waals surface area contributed by atoms with Crippen LogP contribution in [-0.2, 0) is 19.1 Å². The van der Waals surface area contributed by atoms with E-state index in [-0.39, 0.29) is 25.2 Å². The first kappa shape index (κ1) is 42.1. The summed E-state index contributed by atoms with van der Waals surface area (Å²) in [6, 6.07) is 0. The van der Waals surface area contributed by atoms with Gasteiger partial charge in [-0.05, 0) is 70.6 Å². The summed E-state index contributed by atoms with van der Waals surface area (Å²) in [5.74, 6) is -0.617. The lowest BCUT2D eigenvalue weighted by Crippen LogP contribution is -2.28. The van der Waals surface area contributed by atoms with Crippen molar-refractivity contribution < 1.29 is 24.2 Å². The summed E-state index contributed by atoms with van der Waals surface area (Å²) in [6.45, 7) is 4.08. The fourth-order valence-corrected chi connectivity index (χ4v) is 5.05. The number of hydrogen-bond donors (Lipinski definition) is 1.